The Morgan fingerprint density at radius 2 is 0.793 bits per heavy atom. The standard InChI is InChI=1S/C53H35N5/c1-5-18-36(19-6-1)51-54-52(37-20-7-2-8-21-37)56-53(55-51)40-23-17-22-38(34-40)39-32-33-48-45(35-39)49-43-28-13-15-30-46(43)57(41-24-9-3-10-25-41)47-31-16-14-29-44(47)50(49)58(48)42-26-11-4-12-27-42/h1-35H. The lowest BCUT2D eigenvalue weighted by Crippen LogP contribution is -2.11. The predicted molar refractivity (Wildman–Crippen MR) is 238 cm³/mol. The van der Waals surface area contributed by atoms with Gasteiger partial charge in [-0.25, -0.2) is 15.0 Å². The van der Waals surface area contributed by atoms with Gasteiger partial charge in [0.15, 0.2) is 17.5 Å². The van der Waals surface area contributed by atoms with E-state index in [-0.39, 0.29) is 0 Å². The Bertz CT molecular complexity index is 3050. The highest BCUT2D eigenvalue weighted by Gasteiger charge is 2.31. The third-order valence-corrected chi connectivity index (χ3v) is 11.0. The molecule has 3 heterocycles. The summed E-state index contributed by atoms with van der Waals surface area (Å²) in [5, 5.41) is 1.18. The molecule has 0 unspecified atom stereocenters. The minimum atomic E-state index is 0.631. The van der Waals surface area contributed by atoms with E-state index in [0.29, 0.717) is 17.5 Å². The molecule has 0 fully saturated rings. The molecule has 0 aliphatic carbocycles. The third kappa shape index (κ3) is 5.68. The third-order valence-electron chi connectivity index (χ3n) is 11.0. The summed E-state index contributed by atoms with van der Waals surface area (Å²) in [5.41, 5.74) is 15.4. The molecule has 272 valence electrons. The Balaban J connectivity index is 1.14. The van der Waals surface area contributed by atoms with Crippen molar-refractivity contribution >= 4 is 28.0 Å². The zero-order chi connectivity index (χ0) is 38.4. The van der Waals surface area contributed by atoms with Gasteiger partial charge in [0.2, 0.25) is 0 Å². The van der Waals surface area contributed by atoms with Gasteiger partial charge in [0.05, 0.1) is 22.6 Å². The van der Waals surface area contributed by atoms with Gasteiger partial charge in [-0.05, 0) is 65.7 Å². The van der Waals surface area contributed by atoms with E-state index in [1.165, 1.54) is 27.8 Å². The van der Waals surface area contributed by atoms with Gasteiger partial charge < -0.3 is 9.47 Å². The van der Waals surface area contributed by atoms with E-state index >= 15 is 0 Å². The van der Waals surface area contributed by atoms with Crippen molar-refractivity contribution in [2.45, 2.75) is 0 Å². The molecule has 2 aromatic heterocycles. The summed E-state index contributed by atoms with van der Waals surface area (Å²) in [7, 11) is 0. The van der Waals surface area contributed by atoms with Crippen molar-refractivity contribution < 1.29 is 0 Å². The Hall–Kier alpha value is -7.89. The highest BCUT2D eigenvalue weighted by molar-refractivity contribution is 6.13. The average molecular weight is 742 g/mol. The minimum Gasteiger partial charge on any atom is -0.309 e. The van der Waals surface area contributed by atoms with Crippen LogP contribution in [0.3, 0.4) is 0 Å². The fraction of sp³-hybridized carbons (Fsp3) is 0. The molecular weight excluding hydrogens is 707 g/mol. The fourth-order valence-corrected chi connectivity index (χ4v) is 8.35. The van der Waals surface area contributed by atoms with Gasteiger partial charge in [-0.3, -0.25) is 0 Å². The summed E-state index contributed by atoms with van der Waals surface area (Å²) < 4.78 is 2.44. The van der Waals surface area contributed by atoms with Crippen LogP contribution in [0.4, 0.5) is 17.1 Å². The summed E-state index contributed by atoms with van der Waals surface area (Å²) in [6.07, 6.45) is 0. The van der Waals surface area contributed by atoms with Gasteiger partial charge in [-0.15, -0.1) is 0 Å². The van der Waals surface area contributed by atoms with E-state index in [1.807, 2.05) is 60.7 Å². The number of nitrogens with zero attached hydrogens (tertiary/aromatic N) is 5. The van der Waals surface area contributed by atoms with Crippen molar-refractivity contribution in [3.05, 3.63) is 212 Å². The van der Waals surface area contributed by atoms with Crippen molar-refractivity contribution in [1.29, 1.82) is 0 Å². The number of rotatable bonds is 6. The monoisotopic (exact) mass is 741 g/mol. The summed E-state index contributed by atoms with van der Waals surface area (Å²) in [5.74, 6) is 1.92. The van der Waals surface area contributed by atoms with Crippen molar-refractivity contribution in [2.24, 2.45) is 0 Å². The lowest BCUT2D eigenvalue weighted by Gasteiger charge is -2.27. The second-order valence-corrected chi connectivity index (χ2v) is 14.5. The van der Waals surface area contributed by atoms with Crippen LogP contribution in [0.2, 0.25) is 0 Å². The number of aromatic nitrogens is 4. The molecule has 58 heavy (non-hydrogen) atoms. The number of para-hydroxylation sites is 4. The molecular formula is C53H35N5. The number of fused-ring (bicyclic) bond motifs is 7. The molecule has 11 rings (SSSR count). The zero-order valence-corrected chi connectivity index (χ0v) is 31.4. The fourth-order valence-electron chi connectivity index (χ4n) is 8.35. The molecule has 0 spiro atoms. The Morgan fingerprint density at radius 3 is 1.43 bits per heavy atom. The van der Waals surface area contributed by atoms with Crippen LogP contribution in [0.5, 0.6) is 0 Å². The molecule has 1 aliphatic rings. The Morgan fingerprint density at radius 1 is 0.328 bits per heavy atom. The lowest BCUT2D eigenvalue weighted by molar-refractivity contribution is 1.07. The van der Waals surface area contributed by atoms with Gasteiger partial charge >= 0.3 is 0 Å². The molecule has 1 aliphatic heterocycles. The van der Waals surface area contributed by atoms with Crippen LogP contribution in [-0.4, -0.2) is 19.5 Å². The van der Waals surface area contributed by atoms with Crippen molar-refractivity contribution in [2.75, 3.05) is 4.90 Å². The number of hydrogen-bond donors (Lipinski definition) is 0. The largest absolute Gasteiger partial charge is 0.309 e. The molecule has 5 nitrogen and oxygen atoms in total. The van der Waals surface area contributed by atoms with E-state index in [0.717, 1.165) is 56.1 Å². The topological polar surface area (TPSA) is 46.8 Å². The average Bonchev–Trinajstić information content (AvgIpc) is 3.58. The molecule has 0 atom stereocenters. The smallest absolute Gasteiger partial charge is 0.164 e. The summed E-state index contributed by atoms with van der Waals surface area (Å²) >= 11 is 0. The quantitative estimate of drug-likeness (QED) is 0.170. The van der Waals surface area contributed by atoms with E-state index in [2.05, 4.69) is 161 Å². The van der Waals surface area contributed by atoms with Gasteiger partial charge in [0.25, 0.3) is 0 Å². The van der Waals surface area contributed by atoms with Crippen LogP contribution >= 0.6 is 0 Å². The predicted octanol–water partition coefficient (Wildman–Crippen LogP) is 13.6. The van der Waals surface area contributed by atoms with Crippen LogP contribution in [0.15, 0.2) is 212 Å². The molecule has 0 bridgehead atoms. The summed E-state index contributed by atoms with van der Waals surface area (Å²) in [4.78, 5) is 17.4. The van der Waals surface area contributed by atoms with Gasteiger partial charge in [-0.1, -0.05) is 158 Å². The van der Waals surface area contributed by atoms with Crippen molar-refractivity contribution in [3.8, 4) is 73.4 Å². The first-order valence-corrected chi connectivity index (χ1v) is 19.5. The molecule has 0 saturated carbocycles. The molecule has 0 saturated heterocycles. The summed E-state index contributed by atoms with van der Waals surface area (Å²) in [6.45, 7) is 0. The lowest BCUT2D eigenvalue weighted by atomic mass is 9.95. The van der Waals surface area contributed by atoms with E-state index in [1.54, 1.807) is 0 Å². The van der Waals surface area contributed by atoms with Gasteiger partial charge in [0.1, 0.15) is 0 Å². The second-order valence-electron chi connectivity index (χ2n) is 14.5. The number of hydrogen-bond acceptors (Lipinski definition) is 4. The first kappa shape index (κ1) is 33.4. The molecule has 0 amide bonds. The highest BCUT2D eigenvalue weighted by Crippen LogP contribution is 2.54. The van der Waals surface area contributed by atoms with E-state index in [9.17, 15) is 0 Å². The van der Waals surface area contributed by atoms with Crippen LogP contribution < -0.4 is 4.90 Å². The van der Waals surface area contributed by atoms with E-state index < -0.39 is 0 Å². The van der Waals surface area contributed by atoms with Crippen molar-refractivity contribution in [1.82, 2.24) is 19.5 Å². The van der Waals surface area contributed by atoms with Crippen LogP contribution in [0, 0.1) is 0 Å². The Kier molecular flexibility index (Phi) is 8.07. The SMILES string of the molecule is c1ccc(-c2nc(-c3ccccc3)nc(-c3cccc(-c4ccc5c(c4)c4c(n5-c5ccccc5)-c5ccccc5N(c5ccccc5)c5ccccc5-4)c3)n2)cc1. The highest BCUT2D eigenvalue weighted by atomic mass is 15.2. The molecule has 0 N–H and O–H groups in total. The maximum absolute atomic E-state index is 5.04. The Labute approximate surface area is 336 Å². The summed E-state index contributed by atoms with van der Waals surface area (Å²) in [6, 6.07) is 74.7. The van der Waals surface area contributed by atoms with Crippen molar-refractivity contribution in [3.63, 3.8) is 0 Å². The first-order valence-electron chi connectivity index (χ1n) is 19.5. The van der Waals surface area contributed by atoms with Gasteiger partial charge in [-0.2, -0.15) is 0 Å². The second kappa shape index (κ2) is 14.0. The van der Waals surface area contributed by atoms with Gasteiger partial charge in [0, 0.05) is 50.1 Å². The normalized spacial score (nSPS) is 11.8. The van der Waals surface area contributed by atoms with Crippen LogP contribution in [0.1, 0.15) is 0 Å². The maximum Gasteiger partial charge on any atom is 0.164 e. The van der Waals surface area contributed by atoms with Crippen LogP contribution in [-0.2, 0) is 0 Å². The number of anilines is 3. The van der Waals surface area contributed by atoms with Crippen LogP contribution in [0.25, 0.3) is 84.3 Å². The van der Waals surface area contributed by atoms with E-state index in [4.69, 9.17) is 15.0 Å². The number of benzene rings is 8. The maximum atomic E-state index is 5.04. The molecule has 0 radical (unpaired) electrons. The molecule has 8 aromatic carbocycles. The molecule has 5 heteroatoms. The molecule has 10 aromatic rings. The first-order chi connectivity index (χ1) is 28.8. The minimum absolute atomic E-state index is 0.631. The zero-order valence-electron chi connectivity index (χ0n) is 31.4.